The van der Waals surface area contributed by atoms with Gasteiger partial charge in [0.15, 0.2) is 0 Å². The molecule has 2 amide bonds. The SMILES string of the molecule is CCCC1(CCC)CN(C(C)=O)c2ccc(C(=O)Nc3ccc(CC)cc3)cc21. The lowest BCUT2D eigenvalue weighted by molar-refractivity contribution is -0.116. The van der Waals surface area contributed by atoms with Crippen LogP contribution in [0.5, 0.6) is 0 Å². The molecule has 1 aliphatic heterocycles. The Hall–Kier alpha value is -2.62. The number of rotatable bonds is 7. The van der Waals surface area contributed by atoms with Crippen LogP contribution in [0.4, 0.5) is 11.4 Å². The molecular weight excluding hydrogens is 360 g/mol. The molecule has 0 unspecified atom stereocenters. The Morgan fingerprint density at radius 2 is 1.66 bits per heavy atom. The van der Waals surface area contributed by atoms with E-state index in [0.29, 0.717) is 12.1 Å². The summed E-state index contributed by atoms with van der Waals surface area (Å²) in [4.78, 5) is 27.1. The molecule has 154 valence electrons. The molecule has 3 rings (SSSR count). The van der Waals surface area contributed by atoms with Gasteiger partial charge in [-0.2, -0.15) is 0 Å². The number of carbonyl (C=O) groups excluding carboxylic acids is 2. The summed E-state index contributed by atoms with van der Waals surface area (Å²) in [5, 5.41) is 3.01. The second-order valence-corrected chi connectivity index (χ2v) is 8.12. The van der Waals surface area contributed by atoms with Crippen LogP contribution < -0.4 is 10.2 Å². The molecule has 1 aliphatic rings. The number of benzene rings is 2. The van der Waals surface area contributed by atoms with E-state index in [1.807, 2.05) is 47.4 Å². The molecule has 0 bridgehead atoms. The first-order valence-electron chi connectivity index (χ1n) is 10.8. The summed E-state index contributed by atoms with van der Waals surface area (Å²) in [6, 6.07) is 13.8. The summed E-state index contributed by atoms with van der Waals surface area (Å²) >= 11 is 0. The number of aryl methyl sites for hydroxylation is 1. The molecule has 0 aliphatic carbocycles. The molecule has 4 heteroatoms. The first kappa shape index (κ1) is 21.1. The number of hydrogen-bond acceptors (Lipinski definition) is 2. The zero-order chi connectivity index (χ0) is 21.0. The molecule has 1 heterocycles. The molecule has 0 saturated carbocycles. The van der Waals surface area contributed by atoms with Crippen LogP contribution in [0.2, 0.25) is 0 Å². The number of amides is 2. The van der Waals surface area contributed by atoms with Crippen molar-refractivity contribution in [2.45, 2.75) is 65.2 Å². The van der Waals surface area contributed by atoms with Crippen LogP contribution in [0.3, 0.4) is 0 Å². The van der Waals surface area contributed by atoms with E-state index in [4.69, 9.17) is 0 Å². The van der Waals surface area contributed by atoms with Crippen LogP contribution in [0, 0.1) is 0 Å². The molecule has 0 spiro atoms. The zero-order valence-electron chi connectivity index (χ0n) is 18.0. The van der Waals surface area contributed by atoms with Gasteiger partial charge in [-0.15, -0.1) is 0 Å². The van der Waals surface area contributed by atoms with Crippen LogP contribution in [-0.4, -0.2) is 18.4 Å². The van der Waals surface area contributed by atoms with Gasteiger partial charge in [-0.05, 0) is 60.7 Å². The van der Waals surface area contributed by atoms with Crippen molar-refractivity contribution in [3.8, 4) is 0 Å². The van der Waals surface area contributed by atoms with E-state index < -0.39 is 0 Å². The molecule has 0 atom stereocenters. The normalized spacial score (nSPS) is 14.6. The van der Waals surface area contributed by atoms with Crippen molar-refractivity contribution in [3.63, 3.8) is 0 Å². The molecule has 1 N–H and O–H groups in total. The monoisotopic (exact) mass is 392 g/mol. The van der Waals surface area contributed by atoms with Gasteiger partial charge >= 0.3 is 0 Å². The van der Waals surface area contributed by atoms with Gasteiger partial charge in [-0.1, -0.05) is 45.7 Å². The second-order valence-electron chi connectivity index (χ2n) is 8.12. The lowest BCUT2D eigenvalue weighted by atomic mass is 9.74. The summed E-state index contributed by atoms with van der Waals surface area (Å²) in [7, 11) is 0. The number of carbonyl (C=O) groups is 2. The Morgan fingerprint density at radius 3 is 2.21 bits per heavy atom. The molecular formula is C25H32N2O2. The third kappa shape index (κ3) is 4.21. The van der Waals surface area contributed by atoms with Crippen molar-refractivity contribution in [1.29, 1.82) is 0 Å². The lowest BCUT2D eigenvalue weighted by Gasteiger charge is -2.30. The fraction of sp³-hybridized carbons (Fsp3) is 0.440. The lowest BCUT2D eigenvalue weighted by Crippen LogP contribution is -2.35. The molecule has 2 aromatic rings. The average molecular weight is 393 g/mol. The van der Waals surface area contributed by atoms with Gasteiger partial charge < -0.3 is 10.2 Å². The predicted octanol–water partition coefficient (Wildman–Crippen LogP) is 5.71. The van der Waals surface area contributed by atoms with Crippen molar-refractivity contribution >= 4 is 23.2 Å². The summed E-state index contributed by atoms with van der Waals surface area (Å²) in [6.45, 7) is 8.82. The highest BCUT2D eigenvalue weighted by atomic mass is 16.2. The van der Waals surface area contributed by atoms with E-state index >= 15 is 0 Å². The minimum absolute atomic E-state index is 0.0635. The Morgan fingerprint density at radius 1 is 1.00 bits per heavy atom. The van der Waals surface area contributed by atoms with Crippen molar-refractivity contribution in [2.75, 3.05) is 16.8 Å². The molecule has 0 radical (unpaired) electrons. The Kier molecular flexibility index (Phi) is 6.41. The van der Waals surface area contributed by atoms with E-state index in [9.17, 15) is 9.59 Å². The fourth-order valence-corrected chi connectivity index (χ4v) is 4.63. The predicted molar refractivity (Wildman–Crippen MR) is 120 cm³/mol. The molecule has 0 aromatic heterocycles. The highest BCUT2D eigenvalue weighted by Gasteiger charge is 2.42. The van der Waals surface area contributed by atoms with Crippen molar-refractivity contribution in [2.24, 2.45) is 0 Å². The maximum atomic E-state index is 12.9. The van der Waals surface area contributed by atoms with E-state index in [1.165, 1.54) is 5.56 Å². The van der Waals surface area contributed by atoms with E-state index in [2.05, 4.69) is 26.1 Å². The quantitative estimate of drug-likeness (QED) is 0.656. The number of anilines is 2. The summed E-state index contributed by atoms with van der Waals surface area (Å²) in [5.74, 6) is -0.0474. The van der Waals surface area contributed by atoms with Gasteiger partial charge in [0, 0.05) is 35.8 Å². The van der Waals surface area contributed by atoms with Crippen molar-refractivity contribution < 1.29 is 9.59 Å². The largest absolute Gasteiger partial charge is 0.322 e. The highest BCUT2D eigenvalue weighted by molar-refractivity contribution is 6.05. The van der Waals surface area contributed by atoms with Crippen molar-refractivity contribution in [3.05, 3.63) is 59.2 Å². The van der Waals surface area contributed by atoms with Gasteiger partial charge in [0.25, 0.3) is 5.91 Å². The van der Waals surface area contributed by atoms with E-state index in [-0.39, 0.29) is 17.2 Å². The molecule has 0 fully saturated rings. The number of nitrogens with one attached hydrogen (secondary N) is 1. The van der Waals surface area contributed by atoms with Crippen molar-refractivity contribution in [1.82, 2.24) is 0 Å². The number of hydrogen-bond donors (Lipinski definition) is 1. The van der Waals surface area contributed by atoms with E-state index in [1.54, 1.807) is 6.92 Å². The first-order valence-corrected chi connectivity index (χ1v) is 10.8. The van der Waals surface area contributed by atoms with Gasteiger partial charge in [0.1, 0.15) is 0 Å². The minimum Gasteiger partial charge on any atom is -0.322 e. The topological polar surface area (TPSA) is 49.4 Å². The third-order valence-electron chi connectivity index (χ3n) is 6.04. The number of nitrogens with zero attached hydrogens (tertiary/aromatic N) is 1. The fourth-order valence-electron chi connectivity index (χ4n) is 4.63. The van der Waals surface area contributed by atoms with Crippen LogP contribution >= 0.6 is 0 Å². The Bertz CT molecular complexity index is 880. The Balaban J connectivity index is 1.94. The summed E-state index contributed by atoms with van der Waals surface area (Å²) in [6.07, 6.45) is 5.10. The molecule has 0 saturated heterocycles. The smallest absolute Gasteiger partial charge is 0.255 e. The second kappa shape index (κ2) is 8.81. The molecule has 2 aromatic carbocycles. The van der Waals surface area contributed by atoms with Gasteiger partial charge in [-0.3, -0.25) is 9.59 Å². The molecule has 4 nitrogen and oxygen atoms in total. The third-order valence-corrected chi connectivity index (χ3v) is 6.04. The minimum atomic E-state index is -0.111. The maximum Gasteiger partial charge on any atom is 0.255 e. The van der Waals surface area contributed by atoms with Gasteiger partial charge in [0.05, 0.1) is 0 Å². The van der Waals surface area contributed by atoms with Crippen LogP contribution in [0.25, 0.3) is 0 Å². The van der Waals surface area contributed by atoms with Gasteiger partial charge in [-0.25, -0.2) is 0 Å². The Labute approximate surface area is 174 Å². The highest BCUT2D eigenvalue weighted by Crippen LogP contribution is 2.47. The summed E-state index contributed by atoms with van der Waals surface area (Å²) < 4.78 is 0. The van der Waals surface area contributed by atoms with Gasteiger partial charge in [0.2, 0.25) is 5.91 Å². The number of fused-ring (bicyclic) bond motifs is 1. The van der Waals surface area contributed by atoms with Crippen LogP contribution in [0.15, 0.2) is 42.5 Å². The average Bonchev–Trinajstić information content (AvgIpc) is 3.03. The van der Waals surface area contributed by atoms with E-state index in [0.717, 1.165) is 49.0 Å². The summed E-state index contributed by atoms with van der Waals surface area (Å²) in [5.41, 5.74) is 4.72. The molecule has 29 heavy (non-hydrogen) atoms. The zero-order valence-corrected chi connectivity index (χ0v) is 18.0. The van der Waals surface area contributed by atoms with Crippen LogP contribution in [-0.2, 0) is 16.6 Å². The first-order chi connectivity index (χ1) is 13.9. The maximum absolute atomic E-state index is 12.9. The van der Waals surface area contributed by atoms with Crippen LogP contribution in [0.1, 0.15) is 74.9 Å². The standard InChI is InChI=1S/C25H32N2O2/c1-5-14-25(15-6-2)17-27(18(4)28)23-13-10-20(16-22(23)25)24(29)26-21-11-8-19(7-3)9-12-21/h8-13,16H,5-7,14-15,17H2,1-4H3,(H,26,29).